The molecular weight excluding hydrogens is 399 g/mol. The number of amides is 1. The van der Waals surface area contributed by atoms with Crippen LogP contribution in [0.5, 0.6) is 5.75 Å². The van der Waals surface area contributed by atoms with Gasteiger partial charge in [-0.1, -0.05) is 23.4 Å². The van der Waals surface area contributed by atoms with Crippen molar-refractivity contribution in [3.05, 3.63) is 84.1 Å². The molecule has 1 saturated heterocycles. The molecule has 9 heteroatoms. The number of hydrogen-bond donors (Lipinski definition) is 1. The lowest BCUT2D eigenvalue weighted by molar-refractivity contribution is 0.0492. The monoisotopic (exact) mass is 418 g/mol. The molecule has 0 saturated carbocycles. The molecule has 0 atom stereocenters. The van der Waals surface area contributed by atoms with Gasteiger partial charge in [-0.05, 0) is 42.5 Å². The van der Waals surface area contributed by atoms with Gasteiger partial charge in [0.2, 0.25) is 0 Å². The fourth-order valence-corrected chi connectivity index (χ4v) is 3.39. The van der Waals surface area contributed by atoms with Gasteiger partial charge in [-0.2, -0.15) is 5.10 Å². The second-order valence-electron chi connectivity index (χ2n) is 7.33. The number of carbonyl (C=O) groups is 1. The molecule has 2 aromatic heterocycles. The molecule has 1 fully saturated rings. The lowest BCUT2D eigenvalue weighted by Crippen LogP contribution is -2.51. The van der Waals surface area contributed by atoms with E-state index in [-0.39, 0.29) is 17.8 Å². The molecule has 31 heavy (non-hydrogen) atoms. The summed E-state index contributed by atoms with van der Waals surface area (Å²) in [6, 6.07) is 17.3. The Morgan fingerprint density at radius 3 is 2.68 bits per heavy atom. The summed E-state index contributed by atoms with van der Waals surface area (Å²) in [6.07, 6.45) is 1.85. The van der Waals surface area contributed by atoms with E-state index in [0.717, 1.165) is 17.0 Å². The number of aromatic amines is 1. The Hall–Kier alpha value is -4.01. The summed E-state index contributed by atoms with van der Waals surface area (Å²) in [5.74, 6) is 0.326. The van der Waals surface area contributed by atoms with Crippen LogP contribution in [-0.4, -0.2) is 49.1 Å². The number of likely N-dealkylation sites (tertiary alicyclic amines) is 1. The number of aromatic nitrogens is 5. The van der Waals surface area contributed by atoms with Gasteiger partial charge in [0.05, 0.1) is 17.9 Å². The fraction of sp³-hybridized carbons (Fsp3) is 0.182. The van der Waals surface area contributed by atoms with Crippen LogP contribution in [0.1, 0.15) is 22.2 Å². The molecule has 0 radical (unpaired) electrons. The molecule has 0 unspecified atom stereocenters. The highest BCUT2D eigenvalue weighted by Gasteiger charge is 2.34. The van der Waals surface area contributed by atoms with Crippen molar-refractivity contribution in [3.63, 3.8) is 0 Å². The van der Waals surface area contributed by atoms with Crippen LogP contribution in [0.3, 0.4) is 0 Å². The number of para-hydroxylation sites is 1. The van der Waals surface area contributed by atoms with Gasteiger partial charge in [0.15, 0.2) is 0 Å². The number of nitrogens with zero attached hydrogens (tertiary/aromatic N) is 5. The first-order chi connectivity index (χ1) is 15.2. The number of benzene rings is 2. The lowest BCUT2D eigenvalue weighted by Gasteiger charge is -2.38. The average Bonchev–Trinajstić information content (AvgIpc) is 3.43. The Labute approximate surface area is 177 Å². The van der Waals surface area contributed by atoms with E-state index in [0.29, 0.717) is 31.1 Å². The third kappa shape index (κ3) is 4.02. The first-order valence-electron chi connectivity index (χ1n) is 9.85. The van der Waals surface area contributed by atoms with Crippen LogP contribution in [0.2, 0.25) is 0 Å². The zero-order valence-electron chi connectivity index (χ0n) is 16.5. The van der Waals surface area contributed by atoms with Gasteiger partial charge in [-0.25, -0.2) is 9.07 Å². The van der Waals surface area contributed by atoms with Crippen LogP contribution in [0.25, 0.3) is 11.3 Å². The van der Waals surface area contributed by atoms with Crippen LogP contribution in [0.4, 0.5) is 4.39 Å². The maximum atomic E-state index is 13.1. The van der Waals surface area contributed by atoms with Crippen LogP contribution in [0, 0.1) is 5.82 Å². The summed E-state index contributed by atoms with van der Waals surface area (Å²) in [5.41, 5.74) is 2.46. The fourth-order valence-electron chi connectivity index (χ4n) is 3.39. The number of ether oxygens (including phenoxy) is 1. The smallest absolute Gasteiger partial charge is 0.272 e. The van der Waals surface area contributed by atoms with Crippen LogP contribution >= 0.6 is 0 Å². The van der Waals surface area contributed by atoms with Crippen LogP contribution < -0.4 is 4.74 Å². The van der Waals surface area contributed by atoms with E-state index >= 15 is 0 Å². The van der Waals surface area contributed by atoms with Gasteiger partial charge in [-0.15, -0.1) is 5.10 Å². The number of hydrogen-bond acceptors (Lipinski definition) is 5. The van der Waals surface area contributed by atoms with E-state index in [1.165, 1.54) is 12.1 Å². The Balaban J connectivity index is 1.16. The zero-order valence-corrected chi connectivity index (χ0v) is 16.5. The third-order valence-corrected chi connectivity index (χ3v) is 5.16. The molecule has 5 rings (SSSR count). The Bertz CT molecular complexity index is 1180. The molecule has 1 amide bonds. The summed E-state index contributed by atoms with van der Waals surface area (Å²) < 4.78 is 20.5. The van der Waals surface area contributed by atoms with Gasteiger partial charge in [0.25, 0.3) is 5.91 Å². The van der Waals surface area contributed by atoms with Crippen molar-refractivity contribution in [1.82, 2.24) is 30.1 Å². The summed E-state index contributed by atoms with van der Waals surface area (Å²) in [6.45, 7) is 1.40. The molecule has 4 aromatic rings. The molecule has 0 spiro atoms. The van der Waals surface area contributed by atoms with E-state index in [4.69, 9.17) is 4.74 Å². The second-order valence-corrected chi connectivity index (χ2v) is 7.33. The molecule has 0 aliphatic carbocycles. The SMILES string of the molecule is O=C(c1cc(-c2ccc(F)cc2)n[nH]1)N1CC(n2cc(COc3ccccc3)nn2)C1. The number of nitrogens with one attached hydrogen (secondary N) is 1. The van der Waals surface area contributed by atoms with Gasteiger partial charge in [-0.3, -0.25) is 9.89 Å². The maximum Gasteiger partial charge on any atom is 0.272 e. The molecular formula is C22H19FN6O2. The first-order valence-corrected chi connectivity index (χ1v) is 9.85. The molecule has 156 valence electrons. The second kappa shape index (κ2) is 8.02. The molecule has 3 heterocycles. The van der Waals surface area contributed by atoms with Crippen molar-refractivity contribution in [2.75, 3.05) is 13.1 Å². The zero-order chi connectivity index (χ0) is 21.2. The average molecular weight is 418 g/mol. The standard InChI is InChI=1S/C22H19FN6O2/c23-16-8-6-15(7-9-16)20-10-21(26-25-20)22(30)28-12-18(13-28)29-11-17(24-27-29)14-31-19-4-2-1-3-5-19/h1-11,18H,12-14H2,(H,25,26). The molecule has 2 aromatic carbocycles. The van der Waals surface area contributed by atoms with Gasteiger partial charge in [0.1, 0.15) is 29.6 Å². The minimum atomic E-state index is -0.315. The Morgan fingerprint density at radius 2 is 1.90 bits per heavy atom. The van der Waals surface area contributed by atoms with Crippen LogP contribution in [0.15, 0.2) is 66.9 Å². The van der Waals surface area contributed by atoms with Crippen molar-refractivity contribution in [1.29, 1.82) is 0 Å². The van der Waals surface area contributed by atoms with E-state index in [1.54, 1.807) is 27.8 Å². The van der Waals surface area contributed by atoms with Crippen molar-refractivity contribution >= 4 is 5.91 Å². The minimum absolute atomic E-state index is 0.0708. The normalized spacial score (nSPS) is 13.8. The molecule has 0 bridgehead atoms. The predicted octanol–water partition coefficient (Wildman–Crippen LogP) is 3.08. The molecule has 8 nitrogen and oxygen atoms in total. The van der Waals surface area contributed by atoms with Crippen molar-refractivity contribution in [2.24, 2.45) is 0 Å². The lowest BCUT2D eigenvalue weighted by atomic mass is 10.1. The molecule has 1 aliphatic rings. The quantitative estimate of drug-likeness (QED) is 0.520. The summed E-state index contributed by atoms with van der Waals surface area (Å²) in [7, 11) is 0. The maximum absolute atomic E-state index is 13.1. The highest BCUT2D eigenvalue weighted by molar-refractivity contribution is 5.94. The Kier molecular flexibility index (Phi) is 4.91. The summed E-state index contributed by atoms with van der Waals surface area (Å²) in [4.78, 5) is 14.4. The van der Waals surface area contributed by atoms with Crippen LogP contribution in [-0.2, 0) is 6.61 Å². The third-order valence-electron chi connectivity index (χ3n) is 5.16. The molecule has 1 aliphatic heterocycles. The van der Waals surface area contributed by atoms with Crippen molar-refractivity contribution < 1.29 is 13.9 Å². The topological polar surface area (TPSA) is 88.9 Å². The van der Waals surface area contributed by atoms with E-state index in [2.05, 4.69) is 20.5 Å². The van der Waals surface area contributed by atoms with Crippen molar-refractivity contribution in [2.45, 2.75) is 12.6 Å². The number of carbonyl (C=O) groups excluding carboxylic acids is 1. The number of halogens is 1. The Morgan fingerprint density at radius 1 is 1.13 bits per heavy atom. The largest absolute Gasteiger partial charge is 0.487 e. The van der Waals surface area contributed by atoms with Gasteiger partial charge in [0, 0.05) is 18.7 Å². The summed E-state index contributed by atoms with van der Waals surface area (Å²) in [5, 5.41) is 15.3. The van der Waals surface area contributed by atoms with E-state index < -0.39 is 0 Å². The minimum Gasteiger partial charge on any atom is -0.487 e. The van der Waals surface area contributed by atoms with Gasteiger partial charge < -0.3 is 9.64 Å². The summed E-state index contributed by atoms with van der Waals surface area (Å²) >= 11 is 0. The highest BCUT2D eigenvalue weighted by Crippen LogP contribution is 2.24. The highest BCUT2D eigenvalue weighted by atomic mass is 19.1. The first kappa shape index (κ1) is 19.0. The van der Waals surface area contributed by atoms with Gasteiger partial charge >= 0.3 is 0 Å². The number of H-pyrrole nitrogens is 1. The van der Waals surface area contributed by atoms with E-state index in [9.17, 15) is 9.18 Å². The van der Waals surface area contributed by atoms with E-state index in [1.807, 2.05) is 36.5 Å². The number of rotatable bonds is 6. The molecule has 1 N–H and O–H groups in total. The predicted molar refractivity (Wildman–Crippen MR) is 110 cm³/mol. The van der Waals surface area contributed by atoms with Crippen molar-refractivity contribution in [3.8, 4) is 17.0 Å².